The Labute approximate surface area is 73.4 Å². The fourth-order valence-electron chi connectivity index (χ4n) is 1.14. The van der Waals surface area contributed by atoms with E-state index in [-0.39, 0.29) is 0 Å². The summed E-state index contributed by atoms with van der Waals surface area (Å²) in [6.45, 7) is 7.93. The Kier molecular flexibility index (Phi) is 2.40. The Bertz CT molecular complexity index is 287. The molecule has 0 aliphatic carbocycles. The largest absolute Gasteiger partial charge is 0.143 e. The summed E-state index contributed by atoms with van der Waals surface area (Å²) in [5.41, 5.74) is 3.66. The molecule has 1 rings (SSSR count). The molecular weight excluding hydrogens is 152 g/mol. The predicted octanol–water partition coefficient (Wildman–Crippen LogP) is 3.20. The van der Waals surface area contributed by atoms with Crippen LogP contribution in [0.4, 0.5) is 0 Å². The van der Waals surface area contributed by atoms with Crippen LogP contribution < -0.4 is 0 Å². The van der Waals surface area contributed by atoms with Crippen molar-refractivity contribution in [1.29, 1.82) is 0 Å². The van der Waals surface area contributed by atoms with Gasteiger partial charge in [0, 0.05) is 4.91 Å². The number of benzene rings is 1. The maximum atomic E-state index is 4.20. The fourth-order valence-corrected chi connectivity index (χ4v) is 1.39. The molecule has 1 aromatic rings. The van der Waals surface area contributed by atoms with Crippen molar-refractivity contribution in [3.63, 3.8) is 0 Å². The topological polar surface area (TPSA) is 0 Å². The second-order valence-corrected chi connectivity index (χ2v) is 3.30. The maximum Gasteiger partial charge on any atom is 0.00432 e. The molecule has 0 amide bonds. The first-order valence-electron chi connectivity index (χ1n) is 3.57. The lowest BCUT2D eigenvalue weighted by Crippen LogP contribution is -1.83. The van der Waals surface area contributed by atoms with Crippen molar-refractivity contribution in [3.8, 4) is 0 Å². The third-order valence-electron chi connectivity index (χ3n) is 1.69. The van der Waals surface area contributed by atoms with Gasteiger partial charge in [0.05, 0.1) is 0 Å². The van der Waals surface area contributed by atoms with Gasteiger partial charge in [0.25, 0.3) is 0 Å². The Morgan fingerprint density at radius 1 is 1.36 bits per heavy atom. The Morgan fingerprint density at radius 2 is 2.00 bits per heavy atom. The van der Waals surface area contributed by atoms with Crippen LogP contribution in [-0.4, -0.2) is 0 Å². The quantitative estimate of drug-likeness (QED) is 0.605. The van der Waals surface area contributed by atoms with Gasteiger partial charge < -0.3 is 0 Å². The number of rotatable bonds is 1. The Hall–Kier alpha value is -0.690. The molecule has 0 heterocycles. The van der Waals surface area contributed by atoms with Crippen molar-refractivity contribution in [3.05, 3.63) is 41.5 Å². The fraction of sp³-hybridized carbons (Fsp3) is 0.200. The van der Waals surface area contributed by atoms with Gasteiger partial charge in [0.1, 0.15) is 0 Å². The van der Waals surface area contributed by atoms with Gasteiger partial charge in [-0.05, 0) is 25.0 Å². The summed E-state index contributed by atoms with van der Waals surface area (Å²) in [5.74, 6) is 0. The second-order valence-electron chi connectivity index (χ2n) is 2.77. The molecule has 58 valence electrons. The van der Waals surface area contributed by atoms with Crippen LogP contribution in [0.1, 0.15) is 16.7 Å². The van der Waals surface area contributed by atoms with Crippen molar-refractivity contribution >= 4 is 17.5 Å². The van der Waals surface area contributed by atoms with E-state index in [1.807, 2.05) is 0 Å². The minimum atomic E-state index is 0.836. The number of hydrogen-bond donors (Lipinski definition) is 1. The van der Waals surface area contributed by atoms with Crippen LogP contribution in [0.2, 0.25) is 0 Å². The first-order valence-corrected chi connectivity index (χ1v) is 4.01. The summed E-state index contributed by atoms with van der Waals surface area (Å²) in [7, 11) is 0. The number of aryl methyl sites for hydroxylation is 2. The normalized spacial score (nSPS) is 9.73. The highest BCUT2D eigenvalue weighted by Gasteiger charge is 1.97. The van der Waals surface area contributed by atoms with Crippen LogP contribution in [-0.2, 0) is 0 Å². The van der Waals surface area contributed by atoms with Crippen molar-refractivity contribution < 1.29 is 0 Å². The number of thiol groups is 1. The van der Waals surface area contributed by atoms with E-state index in [4.69, 9.17) is 0 Å². The van der Waals surface area contributed by atoms with Crippen LogP contribution in [0, 0.1) is 13.8 Å². The minimum absolute atomic E-state index is 0.836. The lowest BCUT2D eigenvalue weighted by molar-refractivity contribution is 1.37. The minimum Gasteiger partial charge on any atom is -0.143 e. The van der Waals surface area contributed by atoms with E-state index < -0.39 is 0 Å². The maximum absolute atomic E-state index is 4.20. The summed E-state index contributed by atoms with van der Waals surface area (Å²) >= 11 is 4.20. The zero-order valence-corrected chi connectivity index (χ0v) is 7.78. The van der Waals surface area contributed by atoms with Gasteiger partial charge in [-0.3, -0.25) is 0 Å². The van der Waals surface area contributed by atoms with Crippen molar-refractivity contribution in [2.45, 2.75) is 13.8 Å². The van der Waals surface area contributed by atoms with Gasteiger partial charge in [-0.1, -0.05) is 30.3 Å². The molecule has 0 radical (unpaired) electrons. The molecule has 0 aromatic heterocycles. The molecule has 0 saturated carbocycles. The molecule has 0 aliphatic heterocycles. The van der Waals surface area contributed by atoms with Gasteiger partial charge in [-0.25, -0.2) is 0 Å². The van der Waals surface area contributed by atoms with Crippen LogP contribution in [0.3, 0.4) is 0 Å². The molecular formula is C10H12S. The average Bonchev–Trinajstić information content (AvgIpc) is 1.85. The highest BCUT2D eigenvalue weighted by atomic mass is 32.1. The summed E-state index contributed by atoms with van der Waals surface area (Å²) < 4.78 is 0. The molecule has 11 heavy (non-hydrogen) atoms. The number of hydrogen-bond acceptors (Lipinski definition) is 1. The van der Waals surface area contributed by atoms with E-state index in [9.17, 15) is 0 Å². The first-order chi connectivity index (χ1) is 5.11. The van der Waals surface area contributed by atoms with E-state index >= 15 is 0 Å². The molecule has 1 heteroatoms. The standard InChI is InChI=1S/C10H12S/c1-7-4-5-10(9(3)11)8(2)6-7/h4-6,11H,3H2,1-2H3. The molecule has 0 bridgehead atoms. The molecule has 1 aromatic carbocycles. The Balaban J connectivity index is 3.20. The highest BCUT2D eigenvalue weighted by molar-refractivity contribution is 7.90. The van der Waals surface area contributed by atoms with E-state index in [2.05, 4.69) is 51.3 Å². The van der Waals surface area contributed by atoms with E-state index in [0.29, 0.717) is 0 Å². The summed E-state index contributed by atoms with van der Waals surface area (Å²) in [5, 5.41) is 0. The third-order valence-corrected chi connectivity index (χ3v) is 1.93. The first kappa shape index (κ1) is 8.41. The van der Waals surface area contributed by atoms with Crippen molar-refractivity contribution in [1.82, 2.24) is 0 Å². The van der Waals surface area contributed by atoms with Crippen LogP contribution in [0.5, 0.6) is 0 Å². The molecule has 0 nitrogen and oxygen atoms in total. The average molecular weight is 164 g/mol. The zero-order chi connectivity index (χ0) is 8.43. The molecule has 0 N–H and O–H groups in total. The van der Waals surface area contributed by atoms with E-state index in [0.717, 1.165) is 10.5 Å². The van der Waals surface area contributed by atoms with Crippen LogP contribution in [0.15, 0.2) is 24.8 Å². The van der Waals surface area contributed by atoms with Crippen LogP contribution in [0.25, 0.3) is 4.91 Å². The van der Waals surface area contributed by atoms with Gasteiger partial charge >= 0.3 is 0 Å². The summed E-state index contributed by atoms with van der Waals surface area (Å²) in [6.07, 6.45) is 0. The molecule has 0 spiro atoms. The summed E-state index contributed by atoms with van der Waals surface area (Å²) in [6, 6.07) is 6.26. The summed E-state index contributed by atoms with van der Waals surface area (Å²) in [4.78, 5) is 0.836. The molecule has 0 aliphatic rings. The van der Waals surface area contributed by atoms with Gasteiger partial charge in [0.2, 0.25) is 0 Å². The lowest BCUT2D eigenvalue weighted by atomic mass is 10.1. The highest BCUT2D eigenvalue weighted by Crippen LogP contribution is 2.20. The lowest BCUT2D eigenvalue weighted by Gasteiger charge is -2.04. The molecule has 0 saturated heterocycles. The van der Waals surface area contributed by atoms with Gasteiger partial charge in [0.15, 0.2) is 0 Å². The van der Waals surface area contributed by atoms with Gasteiger partial charge in [-0.15, -0.1) is 12.6 Å². The van der Waals surface area contributed by atoms with Crippen LogP contribution >= 0.6 is 12.6 Å². The third kappa shape index (κ3) is 1.87. The van der Waals surface area contributed by atoms with Crippen molar-refractivity contribution in [2.24, 2.45) is 0 Å². The predicted molar refractivity (Wildman–Crippen MR) is 53.9 cm³/mol. The molecule has 0 fully saturated rings. The smallest absolute Gasteiger partial charge is 0.00432 e. The molecule has 0 unspecified atom stereocenters. The van der Waals surface area contributed by atoms with Gasteiger partial charge in [-0.2, -0.15) is 0 Å². The molecule has 0 atom stereocenters. The Morgan fingerprint density at radius 3 is 2.45 bits per heavy atom. The van der Waals surface area contributed by atoms with E-state index in [1.54, 1.807) is 0 Å². The zero-order valence-electron chi connectivity index (χ0n) is 6.89. The monoisotopic (exact) mass is 164 g/mol. The second kappa shape index (κ2) is 3.14. The SMILES string of the molecule is C=C(S)c1ccc(C)cc1C. The van der Waals surface area contributed by atoms with Crippen molar-refractivity contribution in [2.75, 3.05) is 0 Å². The van der Waals surface area contributed by atoms with E-state index in [1.165, 1.54) is 11.1 Å².